The third kappa shape index (κ3) is 4.89. The van der Waals surface area contributed by atoms with Gasteiger partial charge < -0.3 is 15.2 Å². The van der Waals surface area contributed by atoms with Gasteiger partial charge >= 0.3 is 0 Å². The molecule has 6 heteroatoms. The van der Waals surface area contributed by atoms with Crippen LogP contribution in [0.15, 0.2) is 23.2 Å². The van der Waals surface area contributed by atoms with Gasteiger partial charge in [0.25, 0.3) is 0 Å². The first-order valence-electron chi connectivity index (χ1n) is 5.47. The summed E-state index contributed by atoms with van der Waals surface area (Å²) in [6.07, 6.45) is 0.738. The molecule has 0 unspecified atom stereocenters. The molecular formula is C12H16ClFN2O2. The third-order valence-corrected chi connectivity index (χ3v) is 2.35. The molecule has 0 radical (unpaired) electrons. The second kappa shape index (κ2) is 7.89. The van der Waals surface area contributed by atoms with E-state index in [4.69, 9.17) is 26.8 Å². The summed E-state index contributed by atoms with van der Waals surface area (Å²) in [7, 11) is 1.62. The van der Waals surface area contributed by atoms with Crippen molar-refractivity contribution in [1.82, 2.24) is 0 Å². The Hall–Kier alpha value is -1.33. The summed E-state index contributed by atoms with van der Waals surface area (Å²) < 4.78 is 23.5. The van der Waals surface area contributed by atoms with Gasteiger partial charge in [0, 0.05) is 26.2 Å². The second-order valence-electron chi connectivity index (χ2n) is 3.54. The Labute approximate surface area is 111 Å². The summed E-state index contributed by atoms with van der Waals surface area (Å²) in [5.41, 5.74) is 5.86. The molecule has 0 aromatic heterocycles. The summed E-state index contributed by atoms with van der Waals surface area (Å²) in [6, 6.07) is 4.08. The van der Waals surface area contributed by atoms with E-state index in [0.29, 0.717) is 24.7 Å². The number of ether oxygens (including phenoxy) is 2. The van der Waals surface area contributed by atoms with Crippen molar-refractivity contribution < 1.29 is 13.9 Å². The number of hydrogen-bond donors (Lipinski definition) is 1. The summed E-state index contributed by atoms with van der Waals surface area (Å²) in [5.74, 6) is 0.365. The zero-order valence-corrected chi connectivity index (χ0v) is 10.9. The molecule has 0 fully saturated rings. The number of halogens is 2. The van der Waals surface area contributed by atoms with Crippen molar-refractivity contribution in [2.45, 2.75) is 6.42 Å². The number of benzene rings is 1. The molecule has 0 bridgehead atoms. The first-order chi connectivity index (χ1) is 8.67. The highest BCUT2D eigenvalue weighted by Crippen LogP contribution is 2.28. The van der Waals surface area contributed by atoms with Crippen LogP contribution < -0.4 is 10.5 Å². The number of aliphatic imine (C=N–C) groups is 1. The van der Waals surface area contributed by atoms with Gasteiger partial charge in [-0.2, -0.15) is 0 Å². The Morgan fingerprint density at radius 1 is 1.44 bits per heavy atom. The number of nitrogens with two attached hydrogens (primary N) is 1. The minimum Gasteiger partial charge on any atom is -0.491 e. The van der Waals surface area contributed by atoms with Gasteiger partial charge in [-0.3, -0.25) is 0 Å². The highest BCUT2D eigenvalue weighted by Gasteiger charge is 2.05. The normalized spacial score (nSPS) is 11.6. The Balaban J connectivity index is 2.76. The predicted molar refractivity (Wildman–Crippen MR) is 70.4 cm³/mol. The molecule has 0 saturated heterocycles. The van der Waals surface area contributed by atoms with Crippen molar-refractivity contribution in [3.8, 4) is 5.75 Å². The van der Waals surface area contributed by atoms with Gasteiger partial charge in [-0.05, 0) is 12.1 Å². The van der Waals surface area contributed by atoms with E-state index in [0.717, 1.165) is 6.42 Å². The molecular weight excluding hydrogens is 259 g/mol. The topological polar surface area (TPSA) is 56.8 Å². The maximum absolute atomic E-state index is 13.1. The van der Waals surface area contributed by atoms with E-state index in [9.17, 15) is 4.39 Å². The molecule has 1 aromatic carbocycles. The van der Waals surface area contributed by atoms with Crippen LogP contribution in [0.5, 0.6) is 5.75 Å². The van der Waals surface area contributed by atoms with E-state index in [-0.39, 0.29) is 11.7 Å². The van der Waals surface area contributed by atoms with Gasteiger partial charge in [-0.1, -0.05) is 0 Å². The van der Waals surface area contributed by atoms with Crippen LogP contribution in [0.2, 0.25) is 0 Å². The molecule has 0 atom stereocenters. The van der Waals surface area contributed by atoms with Gasteiger partial charge in [0.15, 0.2) is 0 Å². The first-order valence-corrected chi connectivity index (χ1v) is 6.01. The largest absolute Gasteiger partial charge is 0.491 e. The smallest absolute Gasteiger partial charge is 0.145 e. The van der Waals surface area contributed by atoms with Crippen LogP contribution in [0.4, 0.5) is 10.1 Å². The van der Waals surface area contributed by atoms with Crippen molar-refractivity contribution in [2.24, 2.45) is 10.7 Å². The quantitative estimate of drug-likeness (QED) is 0.360. The van der Waals surface area contributed by atoms with Crippen LogP contribution in [0.1, 0.15) is 6.42 Å². The number of nitrogens with zero attached hydrogens (tertiary/aromatic N) is 1. The van der Waals surface area contributed by atoms with Gasteiger partial charge in [-0.15, -0.1) is 11.6 Å². The van der Waals surface area contributed by atoms with Crippen molar-refractivity contribution in [1.29, 1.82) is 0 Å². The van der Waals surface area contributed by atoms with Crippen molar-refractivity contribution in [3.05, 3.63) is 24.0 Å². The Kier molecular flexibility index (Phi) is 6.46. The van der Waals surface area contributed by atoms with Crippen molar-refractivity contribution in [3.63, 3.8) is 0 Å². The first kappa shape index (κ1) is 14.7. The molecule has 100 valence electrons. The molecule has 4 nitrogen and oxygen atoms in total. The van der Waals surface area contributed by atoms with Crippen LogP contribution in [0.3, 0.4) is 0 Å². The lowest BCUT2D eigenvalue weighted by Gasteiger charge is -2.09. The minimum absolute atomic E-state index is 0.0830. The monoisotopic (exact) mass is 274 g/mol. The van der Waals surface area contributed by atoms with E-state index < -0.39 is 5.82 Å². The predicted octanol–water partition coefficient (Wildman–Crippen LogP) is 2.47. The fraction of sp³-hybridized carbons (Fsp3) is 0.417. The van der Waals surface area contributed by atoms with Gasteiger partial charge in [-0.25, -0.2) is 9.38 Å². The maximum Gasteiger partial charge on any atom is 0.145 e. The second-order valence-corrected chi connectivity index (χ2v) is 3.81. The molecule has 0 aliphatic heterocycles. The molecule has 1 rings (SSSR count). The Morgan fingerprint density at radius 2 is 2.22 bits per heavy atom. The van der Waals surface area contributed by atoms with E-state index in [1.165, 1.54) is 18.2 Å². The van der Waals surface area contributed by atoms with E-state index in [1.807, 2.05) is 0 Å². The zero-order valence-electron chi connectivity index (χ0n) is 10.2. The van der Waals surface area contributed by atoms with Crippen LogP contribution in [-0.2, 0) is 4.74 Å². The summed E-state index contributed by atoms with van der Waals surface area (Å²) in [5, 5.41) is 0. The number of rotatable bonds is 7. The Bertz CT molecular complexity index is 413. The number of methoxy groups -OCH3 is 1. The minimum atomic E-state index is -0.402. The summed E-state index contributed by atoms with van der Waals surface area (Å²) in [6.45, 7) is 1.06. The lowest BCUT2D eigenvalue weighted by Crippen LogP contribution is -2.12. The van der Waals surface area contributed by atoms with E-state index in [1.54, 1.807) is 7.11 Å². The number of hydrogen-bond acceptors (Lipinski definition) is 3. The molecule has 2 N–H and O–H groups in total. The molecule has 0 saturated carbocycles. The van der Waals surface area contributed by atoms with Gasteiger partial charge in [0.05, 0.1) is 12.5 Å². The third-order valence-electron chi connectivity index (χ3n) is 2.07. The lowest BCUT2D eigenvalue weighted by molar-refractivity contribution is 0.172. The lowest BCUT2D eigenvalue weighted by atomic mass is 10.3. The van der Waals surface area contributed by atoms with Crippen molar-refractivity contribution in [2.75, 3.05) is 26.2 Å². The molecule has 0 aliphatic carbocycles. The van der Waals surface area contributed by atoms with Gasteiger partial charge in [0.2, 0.25) is 0 Å². The zero-order chi connectivity index (χ0) is 13.4. The molecule has 0 amide bonds. The fourth-order valence-electron chi connectivity index (χ4n) is 1.27. The average Bonchev–Trinajstić information content (AvgIpc) is 2.36. The van der Waals surface area contributed by atoms with E-state index in [2.05, 4.69) is 4.99 Å². The molecule has 18 heavy (non-hydrogen) atoms. The molecule has 1 aromatic rings. The fourth-order valence-corrected chi connectivity index (χ4v) is 1.33. The average molecular weight is 275 g/mol. The Morgan fingerprint density at radius 3 is 2.89 bits per heavy atom. The summed E-state index contributed by atoms with van der Waals surface area (Å²) >= 11 is 5.53. The standard InChI is InChI=1S/C12H16ClFN2O2/c1-17-5-2-6-18-11-4-3-9(14)7-10(11)16-12(15)8-13/h3-4,7H,2,5-6,8H2,1H3,(H2,15,16). The number of alkyl halides is 1. The maximum atomic E-state index is 13.1. The molecule has 0 spiro atoms. The van der Waals surface area contributed by atoms with Gasteiger partial charge in [0.1, 0.15) is 23.1 Å². The molecule has 0 heterocycles. The summed E-state index contributed by atoms with van der Waals surface area (Å²) in [4.78, 5) is 4.00. The van der Waals surface area contributed by atoms with Crippen LogP contribution in [0, 0.1) is 5.82 Å². The highest BCUT2D eigenvalue weighted by atomic mass is 35.5. The highest BCUT2D eigenvalue weighted by molar-refractivity contribution is 6.28. The van der Waals surface area contributed by atoms with E-state index >= 15 is 0 Å². The van der Waals surface area contributed by atoms with Crippen LogP contribution in [0.25, 0.3) is 0 Å². The SMILES string of the molecule is COCCCOc1ccc(F)cc1N=C(N)CCl. The van der Waals surface area contributed by atoms with Crippen molar-refractivity contribution >= 4 is 23.1 Å². The number of amidine groups is 1. The van der Waals surface area contributed by atoms with Crippen LogP contribution in [-0.4, -0.2) is 32.0 Å². The molecule has 0 aliphatic rings. The van der Waals surface area contributed by atoms with Crippen LogP contribution >= 0.6 is 11.6 Å².